The van der Waals surface area contributed by atoms with Crippen LogP contribution in [-0.4, -0.2) is 39.0 Å². The average Bonchev–Trinajstić information content (AvgIpc) is 2.96. The van der Waals surface area contributed by atoms with Crippen LogP contribution in [0.4, 0.5) is 5.69 Å². The molecule has 0 radical (unpaired) electrons. The lowest BCUT2D eigenvalue weighted by Gasteiger charge is -2.24. The maximum Gasteiger partial charge on any atom is 0.262 e. The van der Waals surface area contributed by atoms with Crippen LogP contribution < -0.4 is 4.90 Å². The lowest BCUT2D eigenvalue weighted by molar-refractivity contribution is 0.0785. The van der Waals surface area contributed by atoms with Crippen molar-refractivity contribution in [2.45, 2.75) is 13.1 Å². The molecule has 0 saturated heterocycles. The molecule has 7 heteroatoms. The molecular formula is C32H27N3O4. The summed E-state index contributed by atoms with van der Waals surface area (Å²) in [5.41, 5.74) is 3.04. The summed E-state index contributed by atoms with van der Waals surface area (Å²) in [7, 11) is 1.76. The minimum Gasteiger partial charge on any atom is -0.508 e. The first kappa shape index (κ1) is 25.5. The molecule has 0 aliphatic rings. The van der Waals surface area contributed by atoms with Gasteiger partial charge in [-0.3, -0.25) is 14.6 Å². The molecule has 5 rings (SSSR count). The summed E-state index contributed by atoms with van der Waals surface area (Å²) >= 11 is 0. The fraction of sp³-hybridized carbons (Fsp3) is 0.0938. The molecule has 39 heavy (non-hydrogen) atoms. The number of rotatable bonds is 7. The first-order valence-corrected chi connectivity index (χ1v) is 12.5. The van der Waals surface area contributed by atoms with Gasteiger partial charge in [-0.15, -0.1) is 0 Å². The Kier molecular flexibility index (Phi) is 7.23. The smallest absolute Gasteiger partial charge is 0.262 e. The number of nitrogens with zero attached hydrogens (tertiary/aromatic N) is 3. The molecule has 0 aliphatic carbocycles. The molecule has 0 fully saturated rings. The number of pyridine rings is 1. The predicted molar refractivity (Wildman–Crippen MR) is 151 cm³/mol. The van der Waals surface area contributed by atoms with Crippen molar-refractivity contribution in [3.8, 4) is 11.5 Å². The van der Waals surface area contributed by atoms with Crippen LogP contribution in [0.15, 0.2) is 109 Å². The summed E-state index contributed by atoms with van der Waals surface area (Å²) in [5, 5.41) is 22.1. The van der Waals surface area contributed by atoms with Gasteiger partial charge in [0.15, 0.2) is 0 Å². The lowest BCUT2D eigenvalue weighted by Crippen LogP contribution is -2.30. The summed E-state index contributed by atoms with van der Waals surface area (Å²) in [4.78, 5) is 34.2. The van der Waals surface area contributed by atoms with Crippen molar-refractivity contribution in [2.75, 3.05) is 11.9 Å². The van der Waals surface area contributed by atoms with Gasteiger partial charge in [-0.25, -0.2) is 0 Å². The third kappa shape index (κ3) is 5.57. The maximum absolute atomic E-state index is 13.5. The van der Waals surface area contributed by atoms with E-state index in [1.54, 1.807) is 48.6 Å². The van der Waals surface area contributed by atoms with Crippen molar-refractivity contribution in [1.29, 1.82) is 0 Å². The van der Waals surface area contributed by atoms with Crippen LogP contribution in [0.2, 0.25) is 0 Å². The van der Waals surface area contributed by atoms with E-state index in [4.69, 9.17) is 0 Å². The van der Waals surface area contributed by atoms with Crippen molar-refractivity contribution < 1.29 is 19.8 Å². The number of carbonyl (C=O) groups is 2. The molecule has 4 aromatic carbocycles. The number of hydrogen-bond acceptors (Lipinski definition) is 5. The van der Waals surface area contributed by atoms with Crippen LogP contribution in [0, 0.1) is 0 Å². The number of hydrogen-bond donors (Lipinski definition) is 2. The Morgan fingerprint density at radius 2 is 1.56 bits per heavy atom. The highest BCUT2D eigenvalue weighted by Crippen LogP contribution is 2.28. The topological polar surface area (TPSA) is 94.0 Å². The second-order valence-electron chi connectivity index (χ2n) is 9.30. The first-order valence-electron chi connectivity index (χ1n) is 12.5. The molecule has 1 aromatic heterocycles. The molecular weight excluding hydrogens is 490 g/mol. The molecule has 0 saturated carbocycles. The summed E-state index contributed by atoms with van der Waals surface area (Å²) in [6, 6.07) is 28.1. The summed E-state index contributed by atoms with van der Waals surface area (Å²) in [6.07, 6.45) is 3.55. The fourth-order valence-corrected chi connectivity index (χ4v) is 4.55. The number of anilines is 1. The van der Waals surface area contributed by atoms with Gasteiger partial charge in [-0.1, -0.05) is 48.5 Å². The molecule has 194 valence electrons. The Morgan fingerprint density at radius 3 is 2.31 bits per heavy atom. The van der Waals surface area contributed by atoms with E-state index in [1.807, 2.05) is 54.6 Å². The zero-order valence-electron chi connectivity index (χ0n) is 21.4. The molecule has 7 nitrogen and oxygen atoms in total. The number of benzene rings is 4. The molecule has 1 heterocycles. The number of amides is 2. The van der Waals surface area contributed by atoms with Gasteiger partial charge < -0.3 is 20.0 Å². The second-order valence-corrected chi connectivity index (χ2v) is 9.30. The minimum atomic E-state index is -0.432. The normalized spacial score (nSPS) is 10.8. The predicted octanol–water partition coefficient (Wildman–Crippen LogP) is 5.77. The maximum atomic E-state index is 13.5. The van der Waals surface area contributed by atoms with Crippen molar-refractivity contribution >= 4 is 28.3 Å². The third-order valence-electron chi connectivity index (χ3n) is 6.59. The molecule has 2 amide bonds. The van der Waals surface area contributed by atoms with Gasteiger partial charge in [0.25, 0.3) is 11.8 Å². The second kappa shape index (κ2) is 11.1. The first-order chi connectivity index (χ1) is 18.9. The van der Waals surface area contributed by atoms with Crippen LogP contribution in [0.25, 0.3) is 10.8 Å². The Labute approximate surface area is 226 Å². The van der Waals surface area contributed by atoms with Gasteiger partial charge in [0.05, 0.1) is 12.1 Å². The quantitative estimate of drug-likeness (QED) is 0.286. The average molecular weight is 518 g/mol. The largest absolute Gasteiger partial charge is 0.508 e. The van der Waals surface area contributed by atoms with E-state index in [0.29, 0.717) is 17.8 Å². The van der Waals surface area contributed by atoms with Gasteiger partial charge in [-0.2, -0.15) is 0 Å². The van der Waals surface area contributed by atoms with Crippen molar-refractivity contribution in [1.82, 2.24) is 9.88 Å². The molecule has 0 spiro atoms. The van der Waals surface area contributed by atoms with Crippen LogP contribution in [0.3, 0.4) is 0 Å². The Morgan fingerprint density at radius 1 is 0.795 bits per heavy atom. The van der Waals surface area contributed by atoms with Crippen molar-refractivity contribution in [3.05, 3.63) is 132 Å². The highest BCUT2D eigenvalue weighted by atomic mass is 16.3. The number of aromatic nitrogens is 1. The third-order valence-corrected chi connectivity index (χ3v) is 6.59. The summed E-state index contributed by atoms with van der Waals surface area (Å²) in [6.45, 7) is 0.684. The van der Waals surface area contributed by atoms with Crippen LogP contribution >= 0.6 is 0 Å². The lowest BCUT2D eigenvalue weighted by atomic mass is 10.1. The van der Waals surface area contributed by atoms with Crippen molar-refractivity contribution in [2.24, 2.45) is 0 Å². The van der Waals surface area contributed by atoms with E-state index in [0.717, 1.165) is 28.0 Å². The van der Waals surface area contributed by atoms with E-state index >= 15 is 0 Å². The number of fused-ring (bicyclic) bond motifs is 1. The number of aromatic hydroxyl groups is 2. The Hall–Kier alpha value is -5.17. The SMILES string of the molecule is CN(Cc1cccc2cnccc12)C(=O)c1ccc(N(Cc2ccccc2)C(=O)c2ccc(O)cc2O)cc1. The van der Waals surface area contributed by atoms with Crippen LogP contribution in [0.1, 0.15) is 31.8 Å². The van der Waals surface area contributed by atoms with Gasteiger partial charge in [0.2, 0.25) is 0 Å². The van der Waals surface area contributed by atoms with Gasteiger partial charge in [0.1, 0.15) is 11.5 Å². The van der Waals surface area contributed by atoms with E-state index in [9.17, 15) is 19.8 Å². The monoisotopic (exact) mass is 517 g/mol. The van der Waals surface area contributed by atoms with Crippen molar-refractivity contribution in [3.63, 3.8) is 0 Å². The van der Waals surface area contributed by atoms with Gasteiger partial charge in [0, 0.05) is 48.7 Å². The zero-order chi connectivity index (χ0) is 27.4. The van der Waals surface area contributed by atoms with Crippen LogP contribution in [0.5, 0.6) is 11.5 Å². The molecule has 0 bridgehead atoms. The molecule has 0 unspecified atom stereocenters. The minimum absolute atomic E-state index is 0.0638. The van der Waals surface area contributed by atoms with Gasteiger partial charge in [-0.05, 0) is 59.0 Å². The highest BCUT2D eigenvalue weighted by Gasteiger charge is 2.22. The van der Waals surface area contributed by atoms with E-state index in [2.05, 4.69) is 4.98 Å². The van der Waals surface area contributed by atoms with E-state index in [1.165, 1.54) is 17.0 Å². The van der Waals surface area contributed by atoms with E-state index < -0.39 is 5.91 Å². The Bertz CT molecular complexity index is 1630. The number of carbonyl (C=O) groups excluding carboxylic acids is 2. The van der Waals surface area contributed by atoms with Gasteiger partial charge >= 0.3 is 0 Å². The molecule has 5 aromatic rings. The van der Waals surface area contributed by atoms with E-state index in [-0.39, 0.29) is 29.5 Å². The Balaban J connectivity index is 1.40. The standard InChI is InChI=1S/C32H27N3O4/c1-34(21-25-9-5-8-24-19-33-17-16-28(24)25)31(38)23-10-12-26(13-11-23)35(20-22-6-3-2-4-7-22)32(39)29-15-14-27(36)18-30(29)37/h2-19,36-37H,20-21H2,1H3. The zero-order valence-corrected chi connectivity index (χ0v) is 21.4. The van der Waals surface area contributed by atoms with Crippen LogP contribution in [-0.2, 0) is 13.1 Å². The summed E-state index contributed by atoms with van der Waals surface area (Å²) in [5.74, 6) is -1.02. The molecule has 2 N–H and O–H groups in total. The molecule has 0 aliphatic heterocycles. The highest BCUT2D eigenvalue weighted by molar-refractivity contribution is 6.08. The number of phenols is 2. The molecule has 0 atom stereocenters. The summed E-state index contributed by atoms with van der Waals surface area (Å²) < 4.78 is 0. The number of phenolic OH excluding ortho intramolecular Hbond substituents is 2. The fourth-order valence-electron chi connectivity index (χ4n) is 4.55.